The number of carbonyl (C=O) groups is 3. The van der Waals surface area contributed by atoms with E-state index in [4.69, 9.17) is 5.11 Å². The maximum Gasteiger partial charge on any atom is 0.335 e. The summed E-state index contributed by atoms with van der Waals surface area (Å²) in [5.74, 6) is -0.670. The smallest absolute Gasteiger partial charge is 0.335 e. The molecule has 0 spiro atoms. The normalized spacial score (nSPS) is 17.0. The van der Waals surface area contributed by atoms with Crippen LogP contribution in [0.3, 0.4) is 0 Å². The molecule has 4 rings (SSSR count). The predicted molar refractivity (Wildman–Crippen MR) is 146 cm³/mol. The van der Waals surface area contributed by atoms with Crippen molar-refractivity contribution in [2.75, 3.05) is 17.2 Å². The van der Waals surface area contributed by atoms with Crippen LogP contribution in [0.5, 0.6) is 0 Å². The molecule has 0 aliphatic carbocycles. The number of nitrogens with zero attached hydrogens (tertiary/aromatic N) is 1. The van der Waals surface area contributed by atoms with Crippen LogP contribution in [0.15, 0.2) is 72.8 Å². The number of hydrogen-bond donors (Lipinski definition) is 3. The minimum Gasteiger partial charge on any atom is -0.478 e. The van der Waals surface area contributed by atoms with Crippen molar-refractivity contribution in [3.63, 3.8) is 0 Å². The molecular formula is C30H33N3O4. The largest absolute Gasteiger partial charge is 0.478 e. The summed E-state index contributed by atoms with van der Waals surface area (Å²) in [5.41, 5.74) is 4.57. The Kier molecular flexibility index (Phi) is 7.92. The van der Waals surface area contributed by atoms with Gasteiger partial charge in [-0.15, -0.1) is 0 Å². The Labute approximate surface area is 217 Å². The molecule has 192 valence electrons. The second-order valence-electron chi connectivity index (χ2n) is 9.75. The lowest BCUT2D eigenvalue weighted by Crippen LogP contribution is -2.47. The summed E-state index contributed by atoms with van der Waals surface area (Å²) >= 11 is 0. The summed E-state index contributed by atoms with van der Waals surface area (Å²) in [6.45, 7) is 6.81. The number of aromatic carboxylic acids is 1. The number of carbonyl (C=O) groups excluding carboxylic acids is 2. The summed E-state index contributed by atoms with van der Waals surface area (Å²) in [5, 5.41) is 15.0. The lowest BCUT2D eigenvalue weighted by atomic mass is 9.96. The Morgan fingerprint density at radius 1 is 0.865 bits per heavy atom. The van der Waals surface area contributed by atoms with Crippen LogP contribution in [-0.4, -0.2) is 40.5 Å². The molecule has 0 aromatic heterocycles. The minimum atomic E-state index is -0.964. The SMILES string of the molecule is CC[C@H]1CCN(C(=O)Nc2ccc(C(C)C)cc2)[C@H]1C(=O)Nc1ccc(-c2ccc(C(=O)O)cc2)cc1. The molecular weight excluding hydrogens is 466 g/mol. The molecule has 2 atom stereocenters. The highest BCUT2D eigenvalue weighted by Gasteiger charge is 2.41. The zero-order chi connectivity index (χ0) is 26.5. The zero-order valence-electron chi connectivity index (χ0n) is 21.4. The molecule has 3 N–H and O–H groups in total. The summed E-state index contributed by atoms with van der Waals surface area (Å²) in [7, 11) is 0. The van der Waals surface area contributed by atoms with E-state index < -0.39 is 12.0 Å². The maximum absolute atomic E-state index is 13.3. The van der Waals surface area contributed by atoms with Gasteiger partial charge in [0.2, 0.25) is 5.91 Å². The Hall–Kier alpha value is -4.13. The molecule has 3 amide bonds. The van der Waals surface area contributed by atoms with E-state index in [1.54, 1.807) is 29.2 Å². The molecule has 1 aliphatic rings. The van der Waals surface area contributed by atoms with Gasteiger partial charge in [-0.3, -0.25) is 4.79 Å². The van der Waals surface area contributed by atoms with E-state index in [1.807, 2.05) is 55.5 Å². The third-order valence-electron chi connectivity index (χ3n) is 7.02. The van der Waals surface area contributed by atoms with Gasteiger partial charge in [0, 0.05) is 17.9 Å². The molecule has 1 heterocycles. The van der Waals surface area contributed by atoms with Crippen molar-refractivity contribution < 1.29 is 19.5 Å². The molecule has 7 heteroatoms. The highest BCUT2D eigenvalue weighted by Crippen LogP contribution is 2.30. The van der Waals surface area contributed by atoms with E-state index in [-0.39, 0.29) is 23.4 Å². The van der Waals surface area contributed by atoms with Crippen molar-refractivity contribution in [3.8, 4) is 11.1 Å². The molecule has 0 radical (unpaired) electrons. The number of anilines is 2. The molecule has 0 saturated carbocycles. The first-order valence-corrected chi connectivity index (χ1v) is 12.7. The molecule has 0 unspecified atom stereocenters. The van der Waals surface area contributed by atoms with Crippen molar-refractivity contribution in [1.82, 2.24) is 4.90 Å². The van der Waals surface area contributed by atoms with Crippen LogP contribution >= 0.6 is 0 Å². The second kappa shape index (κ2) is 11.3. The van der Waals surface area contributed by atoms with Crippen molar-refractivity contribution in [2.45, 2.75) is 45.6 Å². The molecule has 7 nitrogen and oxygen atoms in total. The number of carboxylic acid groups (broad SMARTS) is 1. The van der Waals surface area contributed by atoms with Gasteiger partial charge in [0.25, 0.3) is 0 Å². The van der Waals surface area contributed by atoms with E-state index in [9.17, 15) is 14.4 Å². The van der Waals surface area contributed by atoms with E-state index in [1.165, 1.54) is 5.56 Å². The van der Waals surface area contributed by atoms with Crippen molar-refractivity contribution >= 4 is 29.3 Å². The summed E-state index contributed by atoms with van der Waals surface area (Å²) in [6, 6.07) is 21.0. The average Bonchev–Trinajstić information content (AvgIpc) is 3.34. The second-order valence-corrected chi connectivity index (χ2v) is 9.75. The van der Waals surface area contributed by atoms with Crippen molar-refractivity contribution in [1.29, 1.82) is 0 Å². The van der Waals surface area contributed by atoms with Gasteiger partial charge in [-0.05, 0) is 71.3 Å². The third kappa shape index (κ3) is 6.00. The number of rotatable bonds is 7. The summed E-state index contributed by atoms with van der Waals surface area (Å²) in [6.07, 6.45) is 1.58. The monoisotopic (exact) mass is 499 g/mol. The number of amides is 3. The number of nitrogens with one attached hydrogen (secondary N) is 2. The first-order chi connectivity index (χ1) is 17.8. The lowest BCUT2D eigenvalue weighted by molar-refractivity contribution is -0.120. The van der Waals surface area contributed by atoms with Crippen LogP contribution in [0.4, 0.5) is 16.2 Å². The lowest BCUT2D eigenvalue weighted by Gasteiger charge is -2.27. The number of benzene rings is 3. The zero-order valence-corrected chi connectivity index (χ0v) is 21.4. The van der Waals surface area contributed by atoms with Gasteiger partial charge in [0.15, 0.2) is 0 Å². The predicted octanol–water partition coefficient (Wildman–Crippen LogP) is 6.45. The Morgan fingerprint density at radius 3 is 1.95 bits per heavy atom. The molecule has 3 aromatic carbocycles. The quantitative estimate of drug-likeness (QED) is 0.348. The van der Waals surface area contributed by atoms with Gasteiger partial charge in [0.05, 0.1) is 5.56 Å². The fourth-order valence-electron chi connectivity index (χ4n) is 4.78. The fourth-order valence-corrected chi connectivity index (χ4v) is 4.78. The van der Waals surface area contributed by atoms with E-state index >= 15 is 0 Å². The fraction of sp³-hybridized carbons (Fsp3) is 0.300. The van der Waals surface area contributed by atoms with Crippen LogP contribution in [0.2, 0.25) is 0 Å². The van der Waals surface area contributed by atoms with E-state index in [0.29, 0.717) is 23.8 Å². The standard InChI is InChI=1S/C30H33N3O4/c1-4-20-17-18-33(30(37)32-26-13-9-21(10-14-26)19(2)3)27(20)28(34)31-25-15-11-23(12-16-25)22-5-7-24(8-6-22)29(35)36/h5-16,19-20,27H,4,17-18H2,1-3H3,(H,31,34)(H,32,37)(H,35,36)/t20-,27+/m0/s1. The van der Waals surface area contributed by atoms with Crippen molar-refractivity contribution in [3.05, 3.63) is 83.9 Å². The molecule has 0 bridgehead atoms. The van der Waals surface area contributed by atoms with Crippen LogP contribution in [-0.2, 0) is 4.79 Å². The highest BCUT2D eigenvalue weighted by molar-refractivity contribution is 6.00. The van der Waals surface area contributed by atoms with Crippen LogP contribution < -0.4 is 10.6 Å². The van der Waals surface area contributed by atoms with Gasteiger partial charge in [-0.2, -0.15) is 0 Å². The number of carboxylic acids is 1. The van der Waals surface area contributed by atoms with Gasteiger partial charge >= 0.3 is 12.0 Å². The summed E-state index contributed by atoms with van der Waals surface area (Å²) in [4.78, 5) is 39.2. The molecule has 37 heavy (non-hydrogen) atoms. The van der Waals surface area contributed by atoms with Gasteiger partial charge in [-0.1, -0.05) is 63.6 Å². The Balaban J connectivity index is 1.43. The van der Waals surface area contributed by atoms with Crippen LogP contribution in [0.25, 0.3) is 11.1 Å². The average molecular weight is 500 g/mol. The minimum absolute atomic E-state index is 0.0843. The summed E-state index contributed by atoms with van der Waals surface area (Å²) < 4.78 is 0. The van der Waals surface area contributed by atoms with Crippen LogP contribution in [0, 0.1) is 5.92 Å². The van der Waals surface area contributed by atoms with E-state index in [2.05, 4.69) is 24.5 Å². The third-order valence-corrected chi connectivity index (χ3v) is 7.02. The molecule has 1 saturated heterocycles. The van der Waals surface area contributed by atoms with Crippen molar-refractivity contribution in [2.24, 2.45) is 5.92 Å². The van der Waals surface area contributed by atoms with Crippen LogP contribution in [0.1, 0.15) is 55.5 Å². The topological polar surface area (TPSA) is 98.7 Å². The number of urea groups is 1. The Bertz CT molecular complexity index is 1250. The molecule has 1 fully saturated rings. The highest BCUT2D eigenvalue weighted by atomic mass is 16.4. The first-order valence-electron chi connectivity index (χ1n) is 12.7. The van der Waals surface area contributed by atoms with Gasteiger partial charge < -0.3 is 20.6 Å². The molecule has 1 aliphatic heterocycles. The number of hydrogen-bond acceptors (Lipinski definition) is 3. The van der Waals surface area contributed by atoms with Gasteiger partial charge in [-0.25, -0.2) is 9.59 Å². The molecule has 3 aromatic rings. The Morgan fingerprint density at radius 2 is 1.41 bits per heavy atom. The number of likely N-dealkylation sites (tertiary alicyclic amines) is 1. The maximum atomic E-state index is 13.3. The first kappa shape index (κ1) is 25.9. The van der Waals surface area contributed by atoms with Gasteiger partial charge in [0.1, 0.15) is 6.04 Å². The van der Waals surface area contributed by atoms with E-state index in [0.717, 1.165) is 24.0 Å².